The van der Waals surface area contributed by atoms with Gasteiger partial charge in [-0.05, 0) is 43.5 Å². The fraction of sp³-hybridized carbons (Fsp3) is 0.500. The van der Waals surface area contributed by atoms with Crippen molar-refractivity contribution in [1.29, 1.82) is 5.26 Å². The van der Waals surface area contributed by atoms with Crippen LogP contribution in [0.25, 0.3) is 0 Å². The average molecular weight is 335 g/mol. The van der Waals surface area contributed by atoms with E-state index in [9.17, 15) is 10.1 Å². The molecule has 3 nitrogen and oxygen atoms in total. The third kappa shape index (κ3) is 3.40. The molecule has 4 heteroatoms. The minimum absolute atomic E-state index is 0.149. The van der Waals surface area contributed by atoms with Crippen LogP contribution in [0, 0.1) is 18.3 Å². The van der Waals surface area contributed by atoms with Gasteiger partial charge in [-0.15, -0.1) is 0 Å². The second-order valence-electron chi connectivity index (χ2n) is 5.53. The molecule has 20 heavy (non-hydrogen) atoms. The van der Waals surface area contributed by atoms with Gasteiger partial charge in [0.15, 0.2) is 0 Å². The Kier molecular flexibility index (Phi) is 4.82. The lowest BCUT2D eigenvalue weighted by Crippen LogP contribution is -2.47. The molecule has 1 fully saturated rings. The van der Waals surface area contributed by atoms with E-state index < -0.39 is 5.54 Å². The van der Waals surface area contributed by atoms with Gasteiger partial charge in [-0.3, -0.25) is 4.79 Å². The maximum Gasteiger partial charge on any atom is 0.252 e. The van der Waals surface area contributed by atoms with Crippen molar-refractivity contribution in [3.63, 3.8) is 0 Å². The highest BCUT2D eigenvalue weighted by atomic mass is 79.9. The van der Waals surface area contributed by atoms with Crippen LogP contribution in [-0.4, -0.2) is 11.4 Å². The summed E-state index contributed by atoms with van der Waals surface area (Å²) in [5.74, 6) is -0.149. The van der Waals surface area contributed by atoms with Crippen LogP contribution in [0.2, 0.25) is 0 Å². The van der Waals surface area contributed by atoms with Crippen LogP contribution in [0.4, 0.5) is 0 Å². The molecule has 1 N–H and O–H groups in total. The highest BCUT2D eigenvalue weighted by Crippen LogP contribution is 2.27. The van der Waals surface area contributed by atoms with Gasteiger partial charge in [0.1, 0.15) is 5.54 Å². The Morgan fingerprint density at radius 3 is 2.50 bits per heavy atom. The number of carbonyl (C=O) groups is 1. The predicted octanol–water partition coefficient (Wildman–Crippen LogP) is 4.10. The summed E-state index contributed by atoms with van der Waals surface area (Å²) in [6.45, 7) is 1.95. The summed E-state index contributed by atoms with van der Waals surface area (Å²) in [5.41, 5.74) is 0.947. The van der Waals surface area contributed by atoms with E-state index in [1.165, 1.54) is 0 Å². The first-order chi connectivity index (χ1) is 9.56. The summed E-state index contributed by atoms with van der Waals surface area (Å²) in [4.78, 5) is 12.4. The number of nitrogens with zero attached hydrogens (tertiary/aromatic N) is 1. The van der Waals surface area contributed by atoms with E-state index in [-0.39, 0.29) is 5.91 Å². The van der Waals surface area contributed by atoms with E-state index in [0.29, 0.717) is 5.56 Å². The van der Waals surface area contributed by atoms with Crippen molar-refractivity contribution in [1.82, 2.24) is 5.32 Å². The Labute approximate surface area is 128 Å². The molecule has 0 bridgehead atoms. The van der Waals surface area contributed by atoms with Crippen molar-refractivity contribution in [3.8, 4) is 6.07 Å². The monoisotopic (exact) mass is 334 g/mol. The van der Waals surface area contributed by atoms with Gasteiger partial charge in [-0.1, -0.05) is 41.6 Å². The van der Waals surface area contributed by atoms with Crippen LogP contribution in [0.3, 0.4) is 0 Å². The highest BCUT2D eigenvalue weighted by molar-refractivity contribution is 9.10. The van der Waals surface area contributed by atoms with Gasteiger partial charge >= 0.3 is 0 Å². The predicted molar refractivity (Wildman–Crippen MR) is 82.4 cm³/mol. The first-order valence-electron chi connectivity index (χ1n) is 7.06. The van der Waals surface area contributed by atoms with Crippen molar-refractivity contribution in [2.75, 3.05) is 0 Å². The second kappa shape index (κ2) is 6.41. The zero-order valence-corrected chi connectivity index (χ0v) is 13.3. The van der Waals surface area contributed by atoms with E-state index in [2.05, 4.69) is 27.3 Å². The number of nitriles is 1. The van der Waals surface area contributed by atoms with E-state index in [4.69, 9.17) is 0 Å². The number of amides is 1. The normalized spacial score (nSPS) is 17.9. The number of benzene rings is 1. The molecule has 1 aliphatic rings. The third-order valence-corrected chi connectivity index (χ3v) is 4.83. The Hall–Kier alpha value is -1.34. The number of rotatable bonds is 2. The molecule has 0 spiro atoms. The third-order valence-electron chi connectivity index (χ3n) is 3.94. The molecule has 0 unspecified atom stereocenters. The summed E-state index contributed by atoms with van der Waals surface area (Å²) in [6, 6.07) is 7.85. The van der Waals surface area contributed by atoms with Crippen LogP contribution in [-0.2, 0) is 0 Å². The van der Waals surface area contributed by atoms with Crippen molar-refractivity contribution in [2.45, 2.75) is 51.0 Å². The van der Waals surface area contributed by atoms with Crippen LogP contribution in [0.1, 0.15) is 54.4 Å². The zero-order valence-electron chi connectivity index (χ0n) is 11.7. The Balaban J connectivity index is 2.16. The molecule has 1 saturated carbocycles. The van der Waals surface area contributed by atoms with Gasteiger partial charge in [0.2, 0.25) is 0 Å². The molecule has 1 amide bonds. The number of halogens is 1. The molecule has 1 aromatic carbocycles. The fourth-order valence-electron chi connectivity index (χ4n) is 2.67. The molecular formula is C16H19BrN2O. The van der Waals surface area contributed by atoms with Gasteiger partial charge in [-0.2, -0.15) is 5.26 Å². The van der Waals surface area contributed by atoms with E-state index >= 15 is 0 Å². The van der Waals surface area contributed by atoms with Crippen LogP contribution in [0.5, 0.6) is 0 Å². The molecule has 0 atom stereocenters. The molecule has 1 aromatic rings. The lowest BCUT2D eigenvalue weighted by Gasteiger charge is -2.26. The number of hydrogen-bond donors (Lipinski definition) is 1. The number of nitrogens with one attached hydrogen (secondary N) is 1. The lowest BCUT2D eigenvalue weighted by molar-refractivity contribution is 0.0913. The Morgan fingerprint density at radius 2 is 1.95 bits per heavy atom. The van der Waals surface area contributed by atoms with Gasteiger partial charge in [0.05, 0.1) is 6.07 Å². The second-order valence-corrected chi connectivity index (χ2v) is 6.38. The molecule has 106 valence electrons. The number of carbonyl (C=O) groups excluding carboxylic acids is 1. The first-order valence-corrected chi connectivity index (χ1v) is 7.85. The summed E-state index contributed by atoms with van der Waals surface area (Å²) in [6.07, 6.45) is 5.82. The molecule has 1 aliphatic carbocycles. The molecule has 0 radical (unpaired) electrons. The topological polar surface area (TPSA) is 52.9 Å². The van der Waals surface area contributed by atoms with E-state index in [1.807, 2.05) is 19.1 Å². The maximum atomic E-state index is 12.4. The maximum absolute atomic E-state index is 12.4. The van der Waals surface area contributed by atoms with Gasteiger partial charge in [0.25, 0.3) is 5.91 Å². The van der Waals surface area contributed by atoms with Crippen LogP contribution in [0.15, 0.2) is 22.7 Å². The SMILES string of the molecule is Cc1cc(C(=O)NC2(C#N)CCCCCC2)ccc1Br. The van der Waals surface area contributed by atoms with Crippen molar-refractivity contribution in [3.05, 3.63) is 33.8 Å². The van der Waals surface area contributed by atoms with Gasteiger partial charge in [-0.25, -0.2) is 0 Å². The summed E-state index contributed by atoms with van der Waals surface area (Å²) in [7, 11) is 0. The first kappa shape index (κ1) is 15.1. The molecule has 0 saturated heterocycles. The zero-order chi connectivity index (χ0) is 14.6. The molecule has 2 rings (SSSR count). The lowest BCUT2D eigenvalue weighted by atomic mass is 9.91. The fourth-order valence-corrected chi connectivity index (χ4v) is 2.92. The summed E-state index contributed by atoms with van der Waals surface area (Å²) in [5, 5.41) is 12.5. The summed E-state index contributed by atoms with van der Waals surface area (Å²) < 4.78 is 0.985. The molecule has 0 aliphatic heterocycles. The molecule has 0 heterocycles. The minimum Gasteiger partial charge on any atom is -0.334 e. The van der Waals surface area contributed by atoms with Crippen molar-refractivity contribution >= 4 is 21.8 Å². The minimum atomic E-state index is -0.686. The van der Waals surface area contributed by atoms with E-state index in [1.54, 1.807) is 6.07 Å². The van der Waals surface area contributed by atoms with Crippen molar-refractivity contribution < 1.29 is 4.79 Å². The Morgan fingerprint density at radius 1 is 1.30 bits per heavy atom. The quantitative estimate of drug-likeness (QED) is 0.827. The van der Waals surface area contributed by atoms with Crippen molar-refractivity contribution in [2.24, 2.45) is 0 Å². The van der Waals surface area contributed by atoms with Gasteiger partial charge in [0, 0.05) is 10.0 Å². The highest BCUT2D eigenvalue weighted by Gasteiger charge is 2.32. The van der Waals surface area contributed by atoms with Crippen LogP contribution >= 0.6 is 15.9 Å². The van der Waals surface area contributed by atoms with Crippen LogP contribution < -0.4 is 5.32 Å². The molecule has 0 aromatic heterocycles. The van der Waals surface area contributed by atoms with E-state index in [0.717, 1.165) is 48.6 Å². The largest absolute Gasteiger partial charge is 0.334 e. The average Bonchev–Trinajstić information content (AvgIpc) is 2.68. The standard InChI is InChI=1S/C16H19BrN2O/c1-12-10-13(6-7-14(12)17)15(20)19-16(11-18)8-4-2-3-5-9-16/h6-7,10H,2-5,8-9H2,1H3,(H,19,20). The van der Waals surface area contributed by atoms with Gasteiger partial charge < -0.3 is 5.32 Å². The Bertz CT molecular complexity index is 540. The number of aryl methyl sites for hydroxylation is 1. The molecular weight excluding hydrogens is 316 g/mol. The number of hydrogen-bond acceptors (Lipinski definition) is 2. The summed E-state index contributed by atoms with van der Waals surface area (Å²) >= 11 is 3.43. The smallest absolute Gasteiger partial charge is 0.252 e.